The second-order valence-electron chi connectivity index (χ2n) is 7.40. The largest absolute Gasteiger partial charge is 0.507 e. The first kappa shape index (κ1) is 22.0. The van der Waals surface area contributed by atoms with Gasteiger partial charge in [0.1, 0.15) is 28.6 Å². The average molecular weight is 448 g/mol. The first-order valence-corrected chi connectivity index (χ1v) is 10.6. The molecule has 8 heteroatoms. The Balaban J connectivity index is 1.65. The molecule has 4 N–H and O–H groups in total. The average Bonchev–Trinajstić information content (AvgIpc) is 3.06. The van der Waals surface area contributed by atoms with Gasteiger partial charge in [0.05, 0.1) is 19.3 Å². The van der Waals surface area contributed by atoms with Crippen molar-refractivity contribution in [3.8, 4) is 34.1 Å². The van der Waals surface area contributed by atoms with Crippen LogP contribution in [0.5, 0.6) is 23.0 Å². The van der Waals surface area contributed by atoms with E-state index in [0.717, 1.165) is 22.3 Å². The van der Waals surface area contributed by atoms with Crippen molar-refractivity contribution in [3.05, 3.63) is 71.3 Å². The van der Waals surface area contributed by atoms with Crippen LogP contribution in [0.1, 0.15) is 41.4 Å². The number of phenols is 2. The second-order valence-corrected chi connectivity index (χ2v) is 7.40. The highest BCUT2D eigenvalue weighted by molar-refractivity contribution is 6.07. The highest BCUT2D eigenvalue weighted by Crippen LogP contribution is 2.46. The summed E-state index contributed by atoms with van der Waals surface area (Å²) in [6.45, 7) is 4.77. The van der Waals surface area contributed by atoms with E-state index in [1.54, 1.807) is 0 Å². The Bertz CT molecular complexity index is 1150. The molecule has 4 rings (SSSR count). The number of carbonyl (C=O) groups is 2. The lowest BCUT2D eigenvalue weighted by molar-refractivity contribution is 0.0958. The first-order chi connectivity index (χ1) is 15.9. The molecule has 3 aromatic carbocycles. The van der Waals surface area contributed by atoms with Crippen LogP contribution in [0.25, 0.3) is 11.1 Å². The van der Waals surface area contributed by atoms with E-state index in [-0.39, 0.29) is 5.56 Å². The van der Waals surface area contributed by atoms with Crippen LogP contribution in [-0.4, -0.2) is 35.4 Å². The van der Waals surface area contributed by atoms with E-state index in [2.05, 4.69) is 10.6 Å². The lowest BCUT2D eigenvalue weighted by Crippen LogP contribution is -2.41. The fourth-order valence-corrected chi connectivity index (χ4v) is 3.98. The van der Waals surface area contributed by atoms with E-state index in [4.69, 9.17) is 9.47 Å². The van der Waals surface area contributed by atoms with Gasteiger partial charge in [0.15, 0.2) is 0 Å². The van der Waals surface area contributed by atoms with Crippen molar-refractivity contribution < 1.29 is 29.3 Å². The molecule has 33 heavy (non-hydrogen) atoms. The number of hydrogen-bond donors (Lipinski definition) is 4. The number of nitrogens with one attached hydrogen (secondary N) is 2. The van der Waals surface area contributed by atoms with Gasteiger partial charge in [0, 0.05) is 0 Å². The van der Waals surface area contributed by atoms with Crippen molar-refractivity contribution in [3.63, 3.8) is 0 Å². The number of rotatable bonds is 6. The van der Waals surface area contributed by atoms with Crippen LogP contribution in [0.4, 0.5) is 4.79 Å². The Labute approximate surface area is 190 Å². The Morgan fingerprint density at radius 3 is 1.85 bits per heavy atom. The van der Waals surface area contributed by atoms with Gasteiger partial charge < -0.3 is 25.0 Å². The van der Waals surface area contributed by atoms with Gasteiger partial charge in [-0.15, -0.1) is 0 Å². The van der Waals surface area contributed by atoms with Crippen molar-refractivity contribution >= 4 is 11.9 Å². The van der Waals surface area contributed by atoms with Crippen LogP contribution in [0.3, 0.4) is 0 Å². The molecule has 0 saturated heterocycles. The van der Waals surface area contributed by atoms with Gasteiger partial charge in [-0.1, -0.05) is 18.2 Å². The predicted molar refractivity (Wildman–Crippen MR) is 122 cm³/mol. The lowest BCUT2D eigenvalue weighted by atomic mass is 10.1. The molecule has 1 aliphatic rings. The van der Waals surface area contributed by atoms with Crippen molar-refractivity contribution in [2.24, 2.45) is 0 Å². The number of imide groups is 1. The molecule has 0 aliphatic heterocycles. The minimum absolute atomic E-state index is 0.378. The maximum Gasteiger partial charge on any atom is 0.322 e. The van der Waals surface area contributed by atoms with Crippen LogP contribution >= 0.6 is 0 Å². The smallest absolute Gasteiger partial charge is 0.322 e. The third kappa shape index (κ3) is 4.27. The normalized spacial score (nSPS) is 11.9. The SMILES string of the molecule is CCOc1ccc2c(c1)C(NC(=O)NC(=O)c1c(O)cccc1O)c1cc(OCC)ccc1-2. The molecule has 0 spiro atoms. The number of ether oxygens (including phenoxy) is 2. The van der Waals surface area contributed by atoms with Crippen LogP contribution < -0.4 is 20.1 Å². The molecule has 0 unspecified atom stereocenters. The van der Waals surface area contributed by atoms with Gasteiger partial charge in [-0.05, 0) is 72.5 Å². The Hall–Kier alpha value is -4.20. The molecule has 0 radical (unpaired) electrons. The van der Waals surface area contributed by atoms with Gasteiger partial charge in [0.2, 0.25) is 0 Å². The zero-order chi connectivity index (χ0) is 23.5. The molecule has 1 aliphatic carbocycles. The van der Waals surface area contributed by atoms with Crippen molar-refractivity contribution in [1.82, 2.24) is 10.6 Å². The summed E-state index contributed by atoms with van der Waals surface area (Å²) in [5, 5.41) is 24.8. The quantitative estimate of drug-likeness (QED) is 0.451. The van der Waals surface area contributed by atoms with Crippen LogP contribution in [0.2, 0.25) is 0 Å². The number of benzene rings is 3. The number of amides is 3. The predicted octanol–water partition coefficient (Wildman–Crippen LogP) is 4.10. The van der Waals surface area contributed by atoms with E-state index in [9.17, 15) is 19.8 Å². The summed E-state index contributed by atoms with van der Waals surface area (Å²) in [7, 11) is 0. The minimum atomic E-state index is -0.923. The Morgan fingerprint density at radius 2 is 1.36 bits per heavy atom. The molecule has 0 atom stereocenters. The molecule has 0 aromatic heterocycles. The second kappa shape index (κ2) is 9.12. The van der Waals surface area contributed by atoms with Crippen molar-refractivity contribution in [1.29, 1.82) is 0 Å². The fraction of sp³-hybridized carbons (Fsp3) is 0.200. The van der Waals surface area contributed by atoms with Crippen molar-refractivity contribution in [2.75, 3.05) is 13.2 Å². The molecular weight excluding hydrogens is 424 g/mol. The van der Waals surface area contributed by atoms with E-state index in [0.29, 0.717) is 24.7 Å². The van der Waals surface area contributed by atoms with Crippen LogP contribution in [0.15, 0.2) is 54.6 Å². The molecular formula is C25H24N2O6. The maximum atomic E-state index is 12.8. The molecule has 8 nitrogen and oxygen atoms in total. The summed E-state index contributed by atoms with van der Waals surface area (Å²) in [5.74, 6) is -0.458. The number of aromatic hydroxyl groups is 2. The van der Waals surface area contributed by atoms with Gasteiger partial charge in [-0.25, -0.2) is 4.79 Å². The summed E-state index contributed by atoms with van der Waals surface area (Å²) in [6.07, 6.45) is 0. The van der Waals surface area contributed by atoms with E-state index in [1.807, 2.05) is 50.2 Å². The number of phenolic OH excluding ortho intramolecular Hbond substituents is 2. The number of hydrogen-bond acceptors (Lipinski definition) is 6. The third-order valence-corrected chi connectivity index (χ3v) is 5.33. The molecule has 0 heterocycles. The van der Waals surface area contributed by atoms with E-state index >= 15 is 0 Å². The summed E-state index contributed by atoms with van der Waals surface area (Å²) in [4.78, 5) is 25.3. The van der Waals surface area contributed by atoms with E-state index in [1.165, 1.54) is 18.2 Å². The number of urea groups is 1. The van der Waals surface area contributed by atoms with Gasteiger partial charge in [0.25, 0.3) is 5.91 Å². The highest BCUT2D eigenvalue weighted by atomic mass is 16.5. The molecule has 0 bridgehead atoms. The van der Waals surface area contributed by atoms with Crippen molar-refractivity contribution in [2.45, 2.75) is 19.9 Å². The van der Waals surface area contributed by atoms with Gasteiger partial charge in [-0.2, -0.15) is 0 Å². The number of fused-ring (bicyclic) bond motifs is 3. The third-order valence-electron chi connectivity index (χ3n) is 5.33. The van der Waals surface area contributed by atoms with Gasteiger partial charge >= 0.3 is 6.03 Å². The summed E-state index contributed by atoms with van der Waals surface area (Å²) in [6, 6.07) is 13.9. The zero-order valence-electron chi connectivity index (χ0n) is 18.2. The standard InChI is InChI=1S/C25H24N2O6/c1-3-32-14-8-10-16-17-11-9-15(33-4-2)13-19(17)23(18(16)12-14)26-25(31)27-24(30)22-20(28)6-5-7-21(22)29/h5-13,23,28-29H,3-4H2,1-2H3,(H2,26,27,30,31). The molecule has 0 fully saturated rings. The summed E-state index contributed by atoms with van der Waals surface area (Å²) in [5.41, 5.74) is 3.13. The zero-order valence-corrected chi connectivity index (χ0v) is 18.2. The summed E-state index contributed by atoms with van der Waals surface area (Å²) < 4.78 is 11.3. The van der Waals surface area contributed by atoms with Crippen LogP contribution in [-0.2, 0) is 0 Å². The molecule has 3 amide bonds. The molecule has 170 valence electrons. The van der Waals surface area contributed by atoms with Gasteiger partial charge in [-0.3, -0.25) is 10.1 Å². The first-order valence-electron chi connectivity index (χ1n) is 10.6. The molecule has 0 saturated carbocycles. The lowest BCUT2D eigenvalue weighted by Gasteiger charge is -2.18. The minimum Gasteiger partial charge on any atom is -0.507 e. The fourth-order valence-electron chi connectivity index (χ4n) is 3.98. The highest BCUT2D eigenvalue weighted by Gasteiger charge is 2.31. The Morgan fingerprint density at radius 1 is 0.848 bits per heavy atom. The maximum absolute atomic E-state index is 12.8. The Kier molecular flexibility index (Phi) is 6.08. The number of carbonyl (C=O) groups excluding carboxylic acids is 2. The summed E-state index contributed by atoms with van der Waals surface area (Å²) >= 11 is 0. The topological polar surface area (TPSA) is 117 Å². The van der Waals surface area contributed by atoms with E-state index < -0.39 is 29.5 Å². The monoisotopic (exact) mass is 448 g/mol. The van der Waals surface area contributed by atoms with Crippen LogP contribution in [0, 0.1) is 0 Å². The molecule has 3 aromatic rings.